The van der Waals surface area contributed by atoms with E-state index < -0.39 is 23.0 Å². The molecule has 3 N–H and O–H groups in total. The molecule has 0 spiro atoms. The first kappa shape index (κ1) is 24.1. The summed E-state index contributed by atoms with van der Waals surface area (Å²) in [6.07, 6.45) is 4.39. The maximum Gasteiger partial charge on any atom is 0.247 e. The number of halogens is 2. The molecule has 3 aliphatic rings. The average molecular weight is 532 g/mol. The van der Waals surface area contributed by atoms with Crippen molar-refractivity contribution in [3.8, 4) is 0 Å². The second kappa shape index (κ2) is 8.91. The van der Waals surface area contributed by atoms with Crippen LogP contribution in [0.15, 0.2) is 53.7 Å². The summed E-state index contributed by atoms with van der Waals surface area (Å²) >= 11 is 6.72. The number of aromatic nitrogens is 2. The number of nitrogens with zero attached hydrogens (tertiary/aromatic N) is 5. The van der Waals surface area contributed by atoms with E-state index in [-0.39, 0.29) is 0 Å². The Morgan fingerprint density at radius 1 is 1.16 bits per heavy atom. The largest absolute Gasteiger partial charge is 0.369 e. The standard InChI is InChI=1S/C27H23ClFN7O2/c1-31-26-33-14-15-12-20(23-32-10-11-35(23)22(15)34-26)19-13-18(6-7-21(19)28)36(17-4-2-16(29)3-5-17)25(38)27(8-9-27)24(30)37/h2-7,12-14H,8-11H2,1H3,(H2,30,37)(H,31,33,34). The molecule has 1 fully saturated rings. The van der Waals surface area contributed by atoms with Crippen LogP contribution in [0.1, 0.15) is 24.0 Å². The number of carbonyl (C=O) groups is 2. The Bertz CT molecular complexity index is 1550. The molecule has 2 amide bonds. The van der Waals surface area contributed by atoms with Crippen LogP contribution in [-0.2, 0) is 9.59 Å². The fourth-order valence-corrected chi connectivity index (χ4v) is 5.08. The lowest BCUT2D eigenvalue weighted by Gasteiger charge is -2.29. The molecule has 0 unspecified atom stereocenters. The van der Waals surface area contributed by atoms with Crippen molar-refractivity contribution >= 4 is 64.0 Å². The fraction of sp³-hybridized carbons (Fsp3) is 0.222. The minimum absolute atomic E-state index is 0.363. The van der Waals surface area contributed by atoms with Gasteiger partial charge in [-0.05, 0) is 61.4 Å². The molecule has 38 heavy (non-hydrogen) atoms. The van der Waals surface area contributed by atoms with Crippen LogP contribution < -0.4 is 20.9 Å². The van der Waals surface area contributed by atoms with Gasteiger partial charge in [-0.25, -0.2) is 9.37 Å². The lowest BCUT2D eigenvalue weighted by molar-refractivity contribution is -0.133. The lowest BCUT2D eigenvalue weighted by Crippen LogP contribution is -2.41. The van der Waals surface area contributed by atoms with E-state index in [1.165, 1.54) is 29.2 Å². The number of fused-ring (bicyclic) bond motifs is 3. The number of benzene rings is 2. The molecule has 2 aromatic carbocycles. The number of amidine groups is 1. The van der Waals surface area contributed by atoms with Crippen molar-refractivity contribution in [3.05, 3.63) is 70.6 Å². The molecule has 2 aliphatic heterocycles. The number of nitrogens with one attached hydrogen (secondary N) is 1. The maximum absolute atomic E-state index is 13.8. The topological polar surface area (TPSA) is 117 Å². The summed E-state index contributed by atoms with van der Waals surface area (Å²) in [7, 11) is 1.76. The summed E-state index contributed by atoms with van der Waals surface area (Å²) in [4.78, 5) is 43.1. The third-order valence-electron chi connectivity index (χ3n) is 7.07. The van der Waals surface area contributed by atoms with E-state index in [9.17, 15) is 14.0 Å². The van der Waals surface area contributed by atoms with Crippen molar-refractivity contribution in [3.63, 3.8) is 0 Å². The highest BCUT2D eigenvalue weighted by Crippen LogP contribution is 2.49. The Hall–Kier alpha value is -4.31. The van der Waals surface area contributed by atoms with Crippen LogP contribution in [-0.4, -0.2) is 47.8 Å². The molecule has 3 aromatic rings. The normalized spacial score (nSPS) is 16.7. The van der Waals surface area contributed by atoms with Crippen LogP contribution in [0.25, 0.3) is 11.6 Å². The van der Waals surface area contributed by atoms with Crippen LogP contribution in [0.5, 0.6) is 0 Å². The molecule has 6 rings (SSSR count). The zero-order chi connectivity index (χ0) is 26.6. The molecule has 192 valence electrons. The van der Waals surface area contributed by atoms with Gasteiger partial charge in [0.2, 0.25) is 17.8 Å². The zero-order valence-corrected chi connectivity index (χ0v) is 21.2. The minimum Gasteiger partial charge on any atom is -0.369 e. The van der Waals surface area contributed by atoms with E-state index in [1.807, 2.05) is 11.0 Å². The number of rotatable bonds is 6. The smallest absolute Gasteiger partial charge is 0.247 e. The molecular formula is C27H23ClFN7O2. The van der Waals surface area contributed by atoms with Gasteiger partial charge in [-0.1, -0.05) is 11.6 Å². The molecule has 0 radical (unpaired) electrons. The monoisotopic (exact) mass is 531 g/mol. The van der Waals surface area contributed by atoms with Gasteiger partial charge in [-0.2, -0.15) is 4.98 Å². The molecule has 9 nitrogen and oxygen atoms in total. The van der Waals surface area contributed by atoms with E-state index in [1.54, 1.807) is 31.4 Å². The van der Waals surface area contributed by atoms with E-state index in [2.05, 4.69) is 15.3 Å². The predicted molar refractivity (Wildman–Crippen MR) is 145 cm³/mol. The van der Waals surface area contributed by atoms with Gasteiger partial charge in [-0.3, -0.25) is 19.5 Å². The Labute approximate surface area is 222 Å². The number of hydrogen-bond donors (Lipinski definition) is 2. The molecule has 0 atom stereocenters. The van der Waals surface area contributed by atoms with Crippen LogP contribution in [0.3, 0.4) is 0 Å². The first-order valence-corrected chi connectivity index (χ1v) is 12.5. The molecule has 1 aliphatic carbocycles. The number of anilines is 4. The predicted octanol–water partition coefficient (Wildman–Crippen LogP) is 4.01. The zero-order valence-electron chi connectivity index (χ0n) is 20.4. The molecule has 3 heterocycles. The third-order valence-corrected chi connectivity index (χ3v) is 7.40. The van der Waals surface area contributed by atoms with Gasteiger partial charge in [0.1, 0.15) is 22.9 Å². The molecule has 1 saturated carbocycles. The maximum atomic E-state index is 13.8. The van der Waals surface area contributed by atoms with Crippen molar-refractivity contribution in [1.29, 1.82) is 0 Å². The van der Waals surface area contributed by atoms with Crippen molar-refractivity contribution < 1.29 is 14.0 Å². The SMILES string of the molecule is CNc1ncc2c(n1)N1CCN=C1C(c1cc(N(C(=O)C3(C(N)=O)CC3)c3ccc(F)cc3)ccc1Cl)=C2. The minimum atomic E-state index is -1.29. The number of amides is 2. The average Bonchev–Trinajstić information content (AvgIpc) is 3.60. The third kappa shape index (κ3) is 3.79. The molecule has 0 saturated heterocycles. The highest BCUT2D eigenvalue weighted by molar-refractivity contribution is 6.40. The van der Waals surface area contributed by atoms with Crippen LogP contribution >= 0.6 is 11.6 Å². The number of aliphatic imine (C=N–C) groups is 1. The Morgan fingerprint density at radius 3 is 2.58 bits per heavy atom. The van der Waals surface area contributed by atoms with E-state index in [4.69, 9.17) is 22.3 Å². The summed E-state index contributed by atoms with van der Waals surface area (Å²) in [5, 5.41) is 3.41. The molecule has 0 bridgehead atoms. The van der Waals surface area contributed by atoms with E-state index in [0.29, 0.717) is 59.7 Å². The number of nitrogens with two attached hydrogens (primary N) is 1. The van der Waals surface area contributed by atoms with E-state index >= 15 is 0 Å². The van der Waals surface area contributed by atoms with Gasteiger partial charge in [-0.15, -0.1) is 0 Å². The van der Waals surface area contributed by atoms with Gasteiger partial charge >= 0.3 is 0 Å². The van der Waals surface area contributed by atoms with Crippen LogP contribution in [0, 0.1) is 11.2 Å². The van der Waals surface area contributed by atoms with E-state index in [0.717, 1.165) is 17.0 Å². The second-order valence-electron chi connectivity index (χ2n) is 9.37. The highest BCUT2D eigenvalue weighted by atomic mass is 35.5. The Morgan fingerprint density at radius 2 is 1.89 bits per heavy atom. The number of primary amides is 1. The van der Waals surface area contributed by atoms with Gasteiger partial charge in [0.15, 0.2) is 0 Å². The van der Waals surface area contributed by atoms with Crippen molar-refractivity contribution in [1.82, 2.24) is 9.97 Å². The van der Waals surface area contributed by atoms with Gasteiger partial charge in [0.05, 0.1) is 6.54 Å². The van der Waals surface area contributed by atoms with Crippen LogP contribution in [0.2, 0.25) is 5.02 Å². The summed E-state index contributed by atoms with van der Waals surface area (Å²) in [6, 6.07) is 10.7. The van der Waals surface area contributed by atoms with Gasteiger partial charge < -0.3 is 16.0 Å². The Kier molecular flexibility index (Phi) is 5.64. The summed E-state index contributed by atoms with van der Waals surface area (Å²) in [5.41, 5.74) is 7.42. The first-order chi connectivity index (χ1) is 18.3. The highest BCUT2D eigenvalue weighted by Gasteiger charge is 2.57. The summed E-state index contributed by atoms with van der Waals surface area (Å²) < 4.78 is 13.7. The molecule has 1 aromatic heterocycles. The molecule has 11 heteroatoms. The number of carbonyl (C=O) groups excluding carboxylic acids is 2. The fourth-order valence-electron chi connectivity index (χ4n) is 4.86. The Balaban J connectivity index is 1.49. The van der Waals surface area contributed by atoms with Crippen molar-refractivity contribution in [2.45, 2.75) is 12.8 Å². The molecular weight excluding hydrogens is 509 g/mol. The first-order valence-electron chi connectivity index (χ1n) is 12.1. The summed E-state index contributed by atoms with van der Waals surface area (Å²) in [5.74, 6) is 0.393. The van der Waals surface area contributed by atoms with Crippen molar-refractivity contribution in [2.75, 3.05) is 35.3 Å². The second-order valence-corrected chi connectivity index (χ2v) is 9.77. The summed E-state index contributed by atoms with van der Waals surface area (Å²) in [6.45, 7) is 1.24. The number of hydrogen-bond acceptors (Lipinski definition) is 7. The van der Waals surface area contributed by atoms with Crippen LogP contribution in [0.4, 0.5) is 27.5 Å². The van der Waals surface area contributed by atoms with Crippen molar-refractivity contribution in [2.24, 2.45) is 16.1 Å². The quantitative estimate of drug-likeness (QED) is 0.464. The van der Waals surface area contributed by atoms with Gasteiger partial charge in [0, 0.05) is 52.9 Å². The van der Waals surface area contributed by atoms with Gasteiger partial charge in [0.25, 0.3) is 0 Å². The lowest BCUT2D eigenvalue weighted by atomic mass is 9.97.